The number of amidine groups is 1. The molecule has 0 spiro atoms. The van der Waals surface area contributed by atoms with Crippen molar-refractivity contribution in [2.75, 3.05) is 19.3 Å². The molecule has 0 bridgehead atoms. The molecule has 0 aliphatic carbocycles. The van der Waals surface area contributed by atoms with Gasteiger partial charge >= 0.3 is 0 Å². The largest absolute Gasteiger partial charge is 0.409 e. The lowest BCUT2D eigenvalue weighted by molar-refractivity contribution is 0.316. The molecule has 0 aliphatic heterocycles. The van der Waals surface area contributed by atoms with E-state index in [2.05, 4.69) is 5.16 Å². The van der Waals surface area contributed by atoms with Gasteiger partial charge in [-0.1, -0.05) is 42.4 Å². The lowest BCUT2D eigenvalue weighted by atomic mass is 10.0. The predicted octanol–water partition coefficient (Wildman–Crippen LogP) is 1.19. The minimum atomic E-state index is -3.37. The van der Waals surface area contributed by atoms with Crippen molar-refractivity contribution in [1.82, 2.24) is 4.31 Å². The van der Waals surface area contributed by atoms with E-state index in [4.69, 9.17) is 10.9 Å². The first-order chi connectivity index (χ1) is 9.36. The van der Waals surface area contributed by atoms with E-state index >= 15 is 0 Å². The maximum atomic E-state index is 12.2. The van der Waals surface area contributed by atoms with Crippen LogP contribution in [0.3, 0.4) is 0 Å². The van der Waals surface area contributed by atoms with Gasteiger partial charge < -0.3 is 10.9 Å². The summed E-state index contributed by atoms with van der Waals surface area (Å²) in [4.78, 5) is 0. The zero-order valence-corrected chi connectivity index (χ0v) is 12.5. The molecule has 1 atom stereocenters. The van der Waals surface area contributed by atoms with Crippen LogP contribution >= 0.6 is 0 Å². The maximum Gasteiger partial charge on any atom is 0.214 e. The van der Waals surface area contributed by atoms with E-state index in [1.54, 1.807) is 0 Å². The fraction of sp³-hybridized carbons (Fsp3) is 0.462. The van der Waals surface area contributed by atoms with E-state index in [0.29, 0.717) is 0 Å². The van der Waals surface area contributed by atoms with Crippen LogP contribution in [0.15, 0.2) is 35.5 Å². The smallest absolute Gasteiger partial charge is 0.214 e. The molecule has 0 aliphatic rings. The Morgan fingerprint density at radius 1 is 1.40 bits per heavy atom. The van der Waals surface area contributed by atoms with Gasteiger partial charge in [-0.05, 0) is 11.5 Å². The number of hydrogen-bond donors (Lipinski definition) is 2. The van der Waals surface area contributed by atoms with Crippen LogP contribution in [0.2, 0.25) is 0 Å². The van der Waals surface area contributed by atoms with Crippen LogP contribution in [0.5, 0.6) is 0 Å². The topological polar surface area (TPSA) is 96.0 Å². The SMILES string of the molecule is CC(CS(=O)(=O)N(C)CC/C(N)=N/O)c1ccccc1. The third-order valence-corrected chi connectivity index (χ3v) is 5.17. The monoisotopic (exact) mass is 299 g/mol. The van der Waals surface area contributed by atoms with Gasteiger partial charge in [0, 0.05) is 20.0 Å². The van der Waals surface area contributed by atoms with Gasteiger partial charge in [0.2, 0.25) is 10.0 Å². The zero-order valence-electron chi connectivity index (χ0n) is 11.7. The maximum absolute atomic E-state index is 12.2. The molecule has 7 heteroatoms. The molecule has 1 aromatic carbocycles. The summed E-state index contributed by atoms with van der Waals surface area (Å²) in [5, 5.41) is 11.3. The number of nitrogens with zero attached hydrogens (tertiary/aromatic N) is 2. The molecule has 1 unspecified atom stereocenters. The number of sulfonamides is 1. The highest BCUT2D eigenvalue weighted by atomic mass is 32.2. The van der Waals surface area contributed by atoms with Gasteiger partial charge in [0.05, 0.1) is 5.75 Å². The van der Waals surface area contributed by atoms with Gasteiger partial charge in [-0.2, -0.15) is 0 Å². The van der Waals surface area contributed by atoms with Gasteiger partial charge in [0.15, 0.2) is 0 Å². The van der Waals surface area contributed by atoms with Gasteiger partial charge in [0.25, 0.3) is 0 Å². The summed E-state index contributed by atoms with van der Waals surface area (Å²) in [5.74, 6) is -0.0420. The molecule has 0 saturated heterocycles. The van der Waals surface area contributed by atoms with E-state index in [9.17, 15) is 8.42 Å². The first-order valence-corrected chi connectivity index (χ1v) is 7.93. The normalized spacial score (nSPS) is 14.4. The number of rotatable bonds is 7. The minimum absolute atomic E-state index is 0.0168. The van der Waals surface area contributed by atoms with Crippen molar-refractivity contribution in [3.63, 3.8) is 0 Å². The van der Waals surface area contributed by atoms with Crippen molar-refractivity contribution < 1.29 is 13.6 Å². The van der Waals surface area contributed by atoms with Crippen molar-refractivity contribution in [1.29, 1.82) is 0 Å². The Bertz CT molecular complexity index is 543. The molecule has 0 fully saturated rings. The van der Waals surface area contributed by atoms with E-state index in [-0.39, 0.29) is 30.5 Å². The third-order valence-electron chi connectivity index (χ3n) is 3.12. The third kappa shape index (κ3) is 4.82. The zero-order chi connectivity index (χ0) is 15.2. The molecule has 0 saturated carbocycles. The summed E-state index contributed by atoms with van der Waals surface area (Å²) >= 11 is 0. The lowest BCUT2D eigenvalue weighted by Crippen LogP contribution is -2.33. The summed E-state index contributed by atoms with van der Waals surface area (Å²) in [5.41, 5.74) is 6.32. The van der Waals surface area contributed by atoms with Gasteiger partial charge in [-0.15, -0.1) is 0 Å². The van der Waals surface area contributed by atoms with Crippen molar-refractivity contribution in [3.8, 4) is 0 Å². The first kappa shape index (κ1) is 16.5. The predicted molar refractivity (Wildman–Crippen MR) is 79.3 cm³/mol. The lowest BCUT2D eigenvalue weighted by Gasteiger charge is -2.20. The van der Waals surface area contributed by atoms with Gasteiger partial charge in [-0.25, -0.2) is 12.7 Å². The highest BCUT2D eigenvalue weighted by molar-refractivity contribution is 7.89. The van der Waals surface area contributed by atoms with Crippen LogP contribution in [0.25, 0.3) is 0 Å². The van der Waals surface area contributed by atoms with Crippen LogP contribution < -0.4 is 5.73 Å². The Labute approximate surface area is 119 Å². The molecule has 0 aromatic heterocycles. The van der Waals surface area contributed by atoms with Crippen molar-refractivity contribution in [2.24, 2.45) is 10.9 Å². The average Bonchev–Trinajstić information content (AvgIpc) is 2.44. The summed E-state index contributed by atoms with van der Waals surface area (Å²) < 4.78 is 25.6. The van der Waals surface area contributed by atoms with E-state index in [1.807, 2.05) is 37.3 Å². The quantitative estimate of drug-likeness (QED) is 0.342. The van der Waals surface area contributed by atoms with Crippen molar-refractivity contribution in [2.45, 2.75) is 19.3 Å². The molecular weight excluding hydrogens is 278 g/mol. The summed E-state index contributed by atoms with van der Waals surface area (Å²) in [6, 6.07) is 9.50. The van der Waals surface area contributed by atoms with E-state index in [0.717, 1.165) is 5.56 Å². The van der Waals surface area contributed by atoms with E-state index < -0.39 is 10.0 Å². The number of benzene rings is 1. The molecule has 0 radical (unpaired) electrons. The van der Waals surface area contributed by atoms with Crippen LogP contribution in [0.4, 0.5) is 0 Å². The Hall–Kier alpha value is -1.60. The molecule has 20 heavy (non-hydrogen) atoms. The fourth-order valence-corrected chi connectivity index (χ4v) is 3.23. The number of oxime groups is 1. The first-order valence-electron chi connectivity index (χ1n) is 6.32. The molecule has 3 N–H and O–H groups in total. The number of hydrogen-bond acceptors (Lipinski definition) is 4. The highest BCUT2D eigenvalue weighted by Gasteiger charge is 2.22. The van der Waals surface area contributed by atoms with E-state index in [1.165, 1.54) is 11.4 Å². The van der Waals surface area contributed by atoms with Crippen LogP contribution in [0.1, 0.15) is 24.8 Å². The molecule has 1 aromatic rings. The fourth-order valence-electron chi connectivity index (χ4n) is 1.78. The molecule has 1 rings (SSSR count). The van der Waals surface area contributed by atoms with Crippen LogP contribution in [0, 0.1) is 0 Å². The molecule has 0 heterocycles. The summed E-state index contributed by atoms with van der Waals surface area (Å²) in [6.45, 7) is 2.07. The van der Waals surface area contributed by atoms with Gasteiger partial charge in [0.1, 0.15) is 5.84 Å². The number of nitrogens with two attached hydrogens (primary N) is 1. The average molecular weight is 299 g/mol. The van der Waals surface area contributed by atoms with Crippen LogP contribution in [-0.4, -0.2) is 43.1 Å². The highest BCUT2D eigenvalue weighted by Crippen LogP contribution is 2.18. The van der Waals surface area contributed by atoms with Crippen LogP contribution in [-0.2, 0) is 10.0 Å². The van der Waals surface area contributed by atoms with Gasteiger partial charge in [-0.3, -0.25) is 0 Å². The van der Waals surface area contributed by atoms with Crippen molar-refractivity contribution in [3.05, 3.63) is 35.9 Å². The molecule has 112 valence electrons. The Kier molecular flexibility index (Phi) is 5.97. The second-order valence-corrected chi connectivity index (χ2v) is 6.87. The Balaban J connectivity index is 2.65. The second-order valence-electron chi connectivity index (χ2n) is 4.75. The van der Waals surface area contributed by atoms with Crippen molar-refractivity contribution >= 4 is 15.9 Å². The summed E-state index contributed by atoms with van der Waals surface area (Å²) in [7, 11) is -1.87. The standard InChI is InChI=1S/C13H21N3O3S/c1-11(12-6-4-3-5-7-12)10-20(18,19)16(2)9-8-13(14)15-17/h3-7,11,17H,8-10H2,1-2H3,(H2,14,15). The second kappa shape index (κ2) is 7.25. The summed E-state index contributed by atoms with van der Waals surface area (Å²) in [6.07, 6.45) is 0.200. The Morgan fingerprint density at radius 3 is 2.55 bits per heavy atom. The Morgan fingerprint density at radius 2 is 2.00 bits per heavy atom. The molecule has 6 nitrogen and oxygen atoms in total. The molecule has 0 amide bonds. The minimum Gasteiger partial charge on any atom is -0.409 e. The molecular formula is C13H21N3O3S.